The molecule has 4 nitrogen and oxygen atoms in total. The highest BCUT2D eigenvalue weighted by molar-refractivity contribution is 5.79. The van der Waals surface area contributed by atoms with Crippen LogP contribution in [0.25, 0.3) is 0 Å². The Morgan fingerprint density at radius 3 is 2.82 bits per heavy atom. The van der Waals surface area contributed by atoms with Crippen LogP contribution < -0.4 is 11.1 Å². The highest BCUT2D eigenvalue weighted by Gasteiger charge is 2.51. The minimum atomic E-state index is 0.0356. The van der Waals surface area contributed by atoms with E-state index in [9.17, 15) is 4.79 Å². The van der Waals surface area contributed by atoms with Crippen molar-refractivity contribution >= 4 is 5.91 Å². The van der Waals surface area contributed by atoms with Crippen molar-refractivity contribution in [1.29, 1.82) is 0 Å². The molecule has 4 heteroatoms. The lowest BCUT2D eigenvalue weighted by atomic mass is 9.68. The lowest BCUT2D eigenvalue weighted by Crippen LogP contribution is -2.72. The second-order valence-corrected chi connectivity index (χ2v) is 5.27. The molecular weight excluding hydrogens is 216 g/mol. The number of carbonyl (C=O) groups is 1. The van der Waals surface area contributed by atoms with E-state index < -0.39 is 0 Å². The number of hydrogen-bond acceptors (Lipinski definition) is 3. The summed E-state index contributed by atoms with van der Waals surface area (Å²) in [4.78, 5) is 12.0. The molecule has 3 N–H and O–H groups in total. The first kappa shape index (κ1) is 12.8. The monoisotopic (exact) mass is 240 g/mol. The van der Waals surface area contributed by atoms with E-state index in [0.29, 0.717) is 5.92 Å². The summed E-state index contributed by atoms with van der Waals surface area (Å²) in [5, 5.41) is 3.08. The van der Waals surface area contributed by atoms with Crippen molar-refractivity contribution in [2.45, 2.75) is 57.7 Å². The van der Waals surface area contributed by atoms with E-state index in [1.807, 2.05) is 13.8 Å². The molecule has 2 rings (SSSR count). The van der Waals surface area contributed by atoms with Gasteiger partial charge in [-0.05, 0) is 25.7 Å². The summed E-state index contributed by atoms with van der Waals surface area (Å²) in [6, 6.07) is 0.118. The van der Waals surface area contributed by atoms with Gasteiger partial charge >= 0.3 is 0 Å². The highest BCUT2D eigenvalue weighted by atomic mass is 16.5. The molecule has 98 valence electrons. The van der Waals surface area contributed by atoms with Crippen LogP contribution in [0.2, 0.25) is 0 Å². The van der Waals surface area contributed by atoms with Crippen molar-refractivity contribution in [3.05, 3.63) is 0 Å². The molecule has 0 aromatic rings. The van der Waals surface area contributed by atoms with Gasteiger partial charge in [-0.2, -0.15) is 0 Å². The topological polar surface area (TPSA) is 64.4 Å². The first-order chi connectivity index (χ1) is 8.19. The van der Waals surface area contributed by atoms with Gasteiger partial charge in [0.05, 0.1) is 12.1 Å². The Morgan fingerprint density at radius 2 is 2.18 bits per heavy atom. The minimum absolute atomic E-state index is 0.0356. The number of nitrogens with two attached hydrogens (primary N) is 1. The van der Waals surface area contributed by atoms with E-state index >= 15 is 0 Å². The van der Waals surface area contributed by atoms with Crippen molar-refractivity contribution in [2.24, 2.45) is 17.6 Å². The average molecular weight is 240 g/mol. The van der Waals surface area contributed by atoms with Crippen LogP contribution in [0, 0.1) is 11.8 Å². The van der Waals surface area contributed by atoms with Gasteiger partial charge in [-0.25, -0.2) is 0 Å². The standard InChI is InChI=1S/C13H24N2O2/c1-3-8(4-2)13(16)15-11-10(14)9-6-5-7-17-12(9)11/h8-12H,3-7,14H2,1-2H3,(H,15,16). The van der Waals surface area contributed by atoms with Crippen molar-refractivity contribution in [3.8, 4) is 0 Å². The predicted molar refractivity (Wildman–Crippen MR) is 66.4 cm³/mol. The van der Waals surface area contributed by atoms with E-state index in [1.54, 1.807) is 0 Å². The fourth-order valence-corrected chi connectivity index (χ4v) is 3.07. The van der Waals surface area contributed by atoms with Gasteiger partial charge in [-0.15, -0.1) is 0 Å². The van der Waals surface area contributed by atoms with Crippen LogP contribution in [0.15, 0.2) is 0 Å². The van der Waals surface area contributed by atoms with Gasteiger partial charge in [0.1, 0.15) is 0 Å². The van der Waals surface area contributed by atoms with Gasteiger partial charge < -0.3 is 15.8 Å². The molecule has 0 aromatic heterocycles. The molecule has 1 aliphatic heterocycles. The summed E-state index contributed by atoms with van der Waals surface area (Å²) in [5.41, 5.74) is 6.11. The predicted octanol–water partition coefficient (Wildman–Crippen LogP) is 1.04. The van der Waals surface area contributed by atoms with E-state index in [-0.39, 0.29) is 30.0 Å². The van der Waals surface area contributed by atoms with Crippen LogP contribution >= 0.6 is 0 Å². The Balaban J connectivity index is 1.89. The molecule has 1 aliphatic carbocycles. The Bertz CT molecular complexity index is 279. The lowest BCUT2D eigenvalue weighted by Gasteiger charge is -2.52. The molecular formula is C13H24N2O2. The summed E-state index contributed by atoms with van der Waals surface area (Å²) >= 11 is 0. The maximum atomic E-state index is 12.0. The van der Waals surface area contributed by atoms with E-state index in [4.69, 9.17) is 10.5 Å². The molecule has 0 aromatic carbocycles. The number of fused-ring (bicyclic) bond motifs is 1. The van der Waals surface area contributed by atoms with Crippen LogP contribution in [0.4, 0.5) is 0 Å². The number of amides is 1. The molecule has 1 heterocycles. The summed E-state index contributed by atoms with van der Waals surface area (Å²) in [7, 11) is 0. The maximum Gasteiger partial charge on any atom is 0.223 e. The van der Waals surface area contributed by atoms with Gasteiger partial charge in [-0.1, -0.05) is 13.8 Å². The molecule has 4 atom stereocenters. The molecule has 1 amide bonds. The number of ether oxygens (including phenoxy) is 1. The van der Waals surface area contributed by atoms with Crippen molar-refractivity contribution in [3.63, 3.8) is 0 Å². The third-order valence-corrected chi connectivity index (χ3v) is 4.34. The van der Waals surface area contributed by atoms with E-state index in [1.165, 1.54) is 0 Å². The van der Waals surface area contributed by atoms with Gasteiger partial charge in [0.15, 0.2) is 0 Å². The van der Waals surface area contributed by atoms with Crippen LogP contribution in [-0.2, 0) is 9.53 Å². The summed E-state index contributed by atoms with van der Waals surface area (Å²) in [6.07, 6.45) is 4.18. The lowest BCUT2D eigenvalue weighted by molar-refractivity contribution is -0.142. The van der Waals surface area contributed by atoms with E-state index in [0.717, 1.165) is 32.3 Å². The molecule has 0 bridgehead atoms. The third-order valence-electron chi connectivity index (χ3n) is 4.34. The number of rotatable bonds is 4. The zero-order valence-electron chi connectivity index (χ0n) is 10.8. The molecule has 4 unspecified atom stereocenters. The third kappa shape index (κ3) is 2.33. The SMILES string of the molecule is CCC(CC)C(=O)NC1C(N)C2CCCOC21. The highest BCUT2D eigenvalue weighted by Crippen LogP contribution is 2.37. The van der Waals surface area contributed by atoms with E-state index in [2.05, 4.69) is 5.32 Å². The number of hydrogen-bond donors (Lipinski definition) is 2. The Labute approximate surface area is 103 Å². The maximum absolute atomic E-state index is 12.0. The molecule has 17 heavy (non-hydrogen) atoms. The first-order valence-electron chi connectivity index (χ1n) is 6.86. The quantitative estimate of drug-likeness (QED) is 0.772. The fourth-order valence-electron chi connectivity index (χ4n) is 3.07. The molecule has 2 fully saturated rings. The second kappa shape index (κ2) is 5.36. The summed E-state index contributed by atoms with van der Waals surface area (Å²) in [6.45, 7) is 4.91. The Kier molecular flexibility index (Phi) is 4.05. The fraction of sp³-hybridized carbons (Fsp3) is 0.923. The van der Waals surface area contributed by atoms with Crippen molar-refractivity contribution in [2.75, 3.05) is 6.61 Å². The zero-order chi connectivity index (χ0) is 12.4. The van der Waals surface area contributed by atoms with Gasteiger partial charge in [0.25, 0.3) is 0 Å². The zero-order valence-corrected chi connectivity index (χ0v) is 10.8. The van der Waals surface area contributed by atoms with Crippen LogP contribution in [0.1, 0.15) is 39.5 Å². The van der Waals surface area contributed by atoms with Gasteiger partial charge in [0, 0.05) is 24.5 Å². The number of carbonyl (C=O) groups excluding carboxylic acids is 1. The van der Waals surface area contributed by atoms with Crippen LogP contribution in [-0.4, -0.2) is 30.7 Å². The van der Waals surface area contributed by atoms with Crippen LogP contribution in [0.3, 0.4) is 0 Å². The summed E-state index contributed by atoms with van der Waals surface area (Å²) in [5.74, 6) is 0.712. The molecule has 1 saturated carbocycles. The normalized spacial score (nSPS) is 36.2. The smallest absolute Gasteiger partial charge is 0.223 e. The molecule has 2 aliphatic rings. The Hall–Kier alpha value is -0.610. The molecule has 0 radical (unpaired) electrons. The van der Waals surface area contributed by atoms with Gasteiger partial charge in [0.2, 0.25) is 5.91 Å². The van der Waals surface area contributed by atoms with Crippen molar-refractivity contribution in [1.82, 2.24) is 5.32 Å². The van der Waals surface area contributed by atoms with Crippen molar-refractivity contribution < 1.29 is 9.53 Å². The minimum Gasteiger partial charge on any atom is -0.376 e. The van der Waals surface area contributed by atoms with Crippen LogP contribution in [0.5, 0.6) is 0 Å². The largest absolute Gasteiger partial charge is 0.376 e. The Morgan fingerprint density at radius 1 is 1.47 bits per heavy atom. The van der Waals surface area contributed by atoms with Gasteiger partial charge in [-0.3, -0.25) is 4.79 Å². The second-order valence-electron chi connectivity index (χ2n) is 5.27. The molecule has 0 spiro atoms. The molecule has 1 saturated heterocycles. The first-order valence-corrected chi connectivity index (χ1v) is 6.86. The average Bonchev–Trinajstić information content (AvgIpc) is 2.37. The number of nitrogens with one attached hydrogen (secondary N) is 1. The summed E-state index contributed by atoms with van der Waals surface area (Å²) < 4.78 is 5.71.